The Bertz CT molecular complexity index is 843. The van der Waals surface area contributed by atoms with Crippen LogP contribution in [0, 0.1) is 0 Å². The van der Waals surface area contributed by atoms with Gasteiger partial charge in [0.05, 0.1) is 19.3 Å². The van der Waals surface area contributed by atoms with Gasteiger partial charge in [-0.05, 0) is 68.2 Å². The van der Waals surface area contributed by atoms with Gasteiger partial charge in [0, 0.05) is 37.6 Å². The number of hydrogen-bond acceptors (Lipinski definition) is 5. The van der Waals surface area contributed by atoms with Gasteiger partial charge in [-0.15, -0.1) is 0 Å². The van der Waals surface area contributed by atoms with Crippen LogP contribution >= 0.6 is 0 Å². The Balaban J connectivity index is 1.28. The molecule has 0 spiro atoms. The van der Waals surface area contributed by atoms with Crippen molar-refractivity contribution < 1.29 is 9.53 Å². The third-order valence-electron chi connectivity index (χ3n) is 6.21. The van der Waals surface area contributed by atoms with Gasteiger partial charge < -0.3 is 20.3 Å². The predicted octanol–water partition coefficient (Wildman–Crippen LogP) is 3.24. The zero-order valence-electron chi connectivity index (χ0n) is 18.5. The average Bonchev–Trinajstić information content (AvgIpc) is 3.32. The average molecular weight is 423 g/mol. The molecule has 2 heterocycles. The van der Waals surface area contributed by atoms with Crippen LogP contribution in [-0.4, -0.2) is 56.2 Å². The van der Waals surface area contributed by atoms with Gasteiger partial charge in [-0.25, -0.2) is 0 Å². The first-order valence-corrected chi connectivity index (χ1v) is 11.5. The summed E-state index contributed by atoms with van der Waals surface area (Å²) in [6.07, 6.45) is 2.59. The Kier molecular flexibility index (Phi) is 7.57. The maximum atomic E-state index is 12.7. The van der Waals surface area contributed by atoms with Crippen molar-refractivity contribution in [2.24, 2.45) is 0 Å². The first-order valence-electron chi connectivity index (χ1n) is 11.5. The largest absolute Gasteiger partial charge is 0.378 e. The summed E-state index contributed by atoms with van der Waals surface area (Å²) in [5, 5.41) is 6.42. The summed E-state index contributed by atoms with van der Waals surface area (Å²) in [4.78, 5) is 17.5. The van der Waals surface area contributed by atoms with Crippen LogP contribution in [0.1, 0.15) is 30.9 Å². The van der Waals surface area contributed by atoms with Crippen molar-refractivity contribution in [3.63, 3.8) is 0 Å². The molecule has 2 saturated heterocycles. The van der Waals surface area contributed by atoms with E-state index in [9.17, 15) is 4.79 Å². The number of carbonyl (C=O) groups excluding carboxylic acids is 1. The van der Waals surface area contributed by atoms with E-state index in [1.807, 2.05) is 19.1 Å². The van der Waals surface area contributed by atoms with E-state index in [4.69, 9.17) is 4.74 Å². The minimum Gasteiger partial charge on any atom is -0.378 e. The number of benzene rings is 2. The molecule has 166 valence electrons. The second kappa shape index (κ2) is 10.8. The summed E-state index contributed by atoms with van der Waals surface area (Å²) < 4.78 is 5.41. The third-order valence-corrected chi connectivity index (χ3v) is 6.21. The summed E-state index contributed by atoms with van der Waals surface area (Å²) in [5.74, 6) is -0.0175. The lowest BCUT2D eigenvalue weighted by atomic mass is 10.1. The van der Waals surface area contributed by atoms with E-state index in [1.165, 1.54) is 42.7 Å². The molecule has 0 aromatic heterocycles. The lowest BCUT2D eigenvalue weighted by Crippen LogP contribution is -2.38. The smallest absolute Gasteiger partial charge is 0.241 e. The minimum atomic E-state index is -0.279. The lowest BCUT2D eigenvalue weighted by Gasteiger charge is -2.29. The zero-order chi connectivity index (χ0) is 21.5. The van der Waals surface area contributed by atoms with E-state index < -0.39 is 0 Å². The van der Waals surface area contributed by atoms with Crippen LogP contribution in [0.5, 0.6) is 0 Å². The normalized spacial score (nSPS) is 18.2. The second-order valence-corrected chi connectivity index (χ2v) is 8.49. The molecule has 6 heteroatoms. The maximum Gasteiger partial charge on any atom is 0.241 e. The molecular formula is C25H34N4O2. The van der Waals surface area contributed by atoms with E-state index in [0.29, 0.717) is 6.54 Å². The number of ether oxygens (including phenoxy) is 1. The van der Waals surface area contributed by atoms with Crippen molar-refractivity contribution in [2.45, 2.75) is 38.9 Å². The molecule has 2 aliphatic rings. The van der Waals surface area contributed by atoms with Crippen LogP contribution in [-0.2, 0) is 22.6 Å². The molecule has 2 aromatic rings. The van der Waals surface area contributed by atoms with Gasteiger partial charge in [0.25, 0.3) is 0 Å². The number of amides is 1. The number of likely N-dealkylation sites (tertiary alicyclic amines) is 1. The first kappa shape index (κ1) is 21.8. The number of anilines is 2. The Hall–Kier alpha value is -2.41. The van der Waals surface area contributed by atoms with Crippen molar-refractivity contribution in [3.05, 3.63) is 59.7 Å². The summed E-state index contributed by atoms with van der Waals surface area (Å²) in [6.45, 7) is 9.32. The molecule has 0 saturated carbocycles. The highest BCUT2D eigenvalue weighted by Gasteiger charge is 2.16. The van der Waals surface area contributed by atoms with Crippen LogP contribution in [0.15, 0.2) is 48.5 Å². The summed E-state index contributed by atoms with van der Waals surface area (Å²) in [6, 6.07) is 16.3. The SMILES string of the molecule is C[C@@H](NCc1ccccc1CN1CCCC1)C(=O)Nc1ccc(N2CCOCC2)cc1. The van der Waals surface area contributed by atoms with Gasteiger partial charge in [0.2, 0.25) is 5.91 Å². The summed E-state index contributed by atoms with van der Waals surface area (Å²) in [5.41, 5.74) is 4.61. The van der Waals surface area contributed by atoms with Gasteiger partial charge >= 0.3 is 0 Å². The van der Waals surface area contributed by atoms with E-state index in [1.54, 1.807) is 0 Å². The first-order chi connectivity index (χ1) is 15.2. The Morgan fingerprint density at radius 1 is 0.968 bits per heavy atom. The van der Waals surface area contributed by atoms with Gasteiger partial charge in [0.15, 0.2) is 0 Å². The maximum absolute atomic E-state index is 12.7. The van der Waals surface area contributed by atoms with Crippen LogP contribution in [0.4, 0.5) is 11.4 Å². The summed E-state index contributed by atoms with van der Waals surface area (Å²) in [7, 11) is 0. The molecule has 2 fully saturated rings. The van der Waals surface area contributed by atoms with Crippen LogP contribution in [0.2, 0.25) is 0 Å². The highest BCUT2D eigenvalue weighted by molar-refractivity contribution is 5.94. The van der Waals surface area contributed by atoms with E-state index in [-0.39, 0.29) is 11.9 Å². The molecule has 4 rings (SSSR count). The highest BCUT2D eigenvalue weighted by atomic mass is 16.5. The molecular weight excluding hydrogens is 388 g/mol. The van der Waals surface area contributed by atoms with Crippen molar-refractivity contribution in [1.29, 1.82) is 0 Å². The Morgan fingerprint density at radius 3 is 2.35 bits per heavy atom. The predicted molar refractivity (Wildman–Crippen MR) is 125 cm³/mol. The van der Waals surface area contributed by atoms with Gasteiger partial charge in [0.1, 0.15) is 0 Å². The second-order valence-electron chi connectivity index (χ2n) is 8.49. The molecule has 6 nitrogen and oxygen atoms in total. The van der Waals surface area contributed by atoms with Crippen molar-refractivity contribution in [1.82, 2.24) is 10.2 Å². The molecule has 2 aliphatic heterocycles. The van der Waals surface area contributed by atoms with E-state index >= 15 is 0 Å². The standard InChI is InChI=1S/C25H34N4O2/c1-20(26-18-21-6-2-3-7-22(21)19-28-12-4-5-13-28)25(30)27-23-8-10-24(11-9-23)29-14-16-31-17-15-29/h2-3,6-11,20,26H,4-5,12-19H2,1H3,(H,27,30)/t20-/m1/s1. The van der Waals surface area contributed by atoms with Gasteiger partial charge in [-0.3, -0.25) is 9.69 Å². The van der Waals surface area contributed by atoms with E-state index in [2.05, 4.69) is 56.8 Å². The fraction of sp³-hybridized carbons (Fsp3) is 0.480. The molecule has 2 aromatic carbocycles. The van der Waals surface area contributed by atoms with Crippen molar-refractivity contribution in [3.8, 4) is 0 Å². The lowest BCUT2D eigenvalue weighted by molar-refractivity contribution is -0.117. The van der Waals surface area contributed by atoms with Crippen molar-refractivity contribution in [2.75, 3.05) is 49.6 Å². The number of morpholine rings is 1. The van der Waals surface area contributed by atoms with E-state index in [0.717, 1.165) is 38.5 Å². The van der Waals surface area contributed by atoms with Gasteiger partial charge in [-0.1, -0.05) is 24.3 Å². The Labute approximate surface area is 185 Å². The monoisotopic (exact) mass is 422 g/mol. The number of rotatable bonds is 8. The summed E-state index contributed by atoms with van der Waals surface area (Å²) >= 11 is 0. The zero-order valence-corrected chi connectivity index (χ0v) is 18.5. The fourth-order valence-electron chi connectivity index (χ4n) is 4.25. The van der Waals surface area contributed by atoms with Crippen LogP contribution in [0.25, 0.3) is 0 Å². The number of carbonyl (C=O) groups is 1. The molecule has 2 N–H and O–H groups in total. The molecule has 0 aliphatic carbocycles. The molecule has 0 bridgehead atoms. The number of hydrogen-bond donors (Lipinski definition) is 2. The highest BCUT2D eigenvalue weighted by Crippen LogP contribution is 2.19. The van der Waals surface area contributed by atoms with Crippen LogP contribution < -0.4 is 15.5 Å². The van der Waals surface area contributed by atoms with Crippen molar-refractivity contribution >= 4 is 17.3 Å². The molecule has 1 amide bonds. The quantitative estimate of drug-likeness (QED) is 0.684. The fourth-order valence-corrected chi connectivity index (χ4v) is 4.25. The Morgan fingerprint density at radius 2 is 1.65 bits per heavy atom. The minimum absolute atomic E-state index is 0.0175. The van der Waals surface area contributed by atoms with Gasteiger partial charge in [-0.2, -0.15) is 0 Å². The number of nitrogens with zero attached hydrogens (tertiary/aromatic N) is 2. The molecule has 0 unspecified atom stereocenters. The van der Waals surface area contributed by atoms with Crippen LogP contribution in [0.3, 0.4) is 0 Å². The number of nitrogens with one attached hydrogen (secondary N) is 2. The molecule has 31 heavy (non-hydrogen) atoms. The molecule has 1 atom stereocenters. The molecule has 0 radical (unpaired) electrons. The topological polar surface area (TPSA) is 56.8 Å². The third kappa shape index (κ3) is 6.06.